The molecule has 2 amide bonds. The van der Waals surface area contributed by atoms with E-state index in [1.807, 2.05) is 19.9 Å². The first-order chi connectivity index (χ1) is 13.3. The van der Waals surface area contributed by atoms with Crippen molar-refractivity contribution in [2.75, 3.05) is 43.4 Å². The summed E-state index contributed by atoms with van der Waals surface area (Å²) in [5.74, 6) is 1.70. The van der Waals surface area contributed by atoms with Crippen LogP contribution in [0.2, 0.25) is 0 Å². The molecule has 1 saturated heterocycles. The third-order valence-corrected chi connectivity index (χ3v) is 6.35. The maximum Gasteiger partial charge on any atom is 0.240 e. The van der Waals surface area contributed by atoms with Gasteiger partial charge in [0, 0.05) is 25.3 Å². The SMILES string of the molecule is Cc1cc(C)c2c(n1)SCC(=O)N2CC(=O)NCCCN1C[C@@H](C)C[C@H](C)C1. The maximum atomic E-state index is 12.5. The fraction of sp³-hybridized carbons (Fsp3) is 0.667. The zero-order valence-corrected chi connectivity index (χ0v) is 18.3. The monoisotopic (exact) mass is 404 g/mol. The van der Waals surface area contributed by atoms with Gasteiger partial charge in [0.1, 0.15) is 11.6 Å². The molecule has 154 valence electrons. The average Bonchev–Trinajstić information content (AvgIpc) is 2.60. The summed E-state index contributed by atoms with van der Waals surface area (Å²) in [4.78, 5) is 33.5. The summed E-state index contributed by atoms with van der Waals surface area (Å²) in [7, 11) is 0. The van der Waals surface area contributed by atoms with E-state index >= 15 is 0 Å². The standard InChI is InChI=1S/C21H32N4O2S/c1-14-8-15(2)11-24(10-14)7-5-6-22-18(26)12-25-19(27)13-28-21-20(25)16(3)9-17(4)23-21/h9,14-15H,5-8,10-13H2,1-4H3,(H,22,26)/t14-,15-/m0/s1. The number of amides is 2. The molecule has 3 rings (SSSR count). The number of hydrogen-bond donors (Lipinski definition) is 1. The van der Waals surface area contributed by atoms with E-state index in [1.54, 1.807) is 4.90 Å². The fourth-order valence-electron chi connectivity index (χ4n) is 4.43. The van der Waals surface area contributed by atoms with Crippen LogP contribution in [0.4, 0.5) is 5.69 Å². The van der Waals surface area contributed by atoms with Crippen molar-refractivity contribution in [2.24, 2.45) is 11.8 Å². The van der Waals surface area contributed by atoms with E-state index in [0.717, 1.165) is 59.9 Å². The van der Waals surface area contributed by atoms with Crippen LogP contribution < -0.4 is 10.2 Å². The van der Waals surface area contributed by atoms with Gasteiger partial charge in [-0.2, -0.15) is 0 Å². The molecule has 1 aromatic rings. The molecular formula is C21H32N4O2S. The molecule has 28 heavy (non-hydrogen) atoms. The van der Waals surface area contributed by atoms with Gasteiger partial charge in [-0.25, -0.2) is 4.98 Å². The number of nitrogens with zero attached hydrogens (tertiary/aromatic N) is 3. The van der Waals surface area contributed by atoms with Crippen molar-refractivity contribution < 1.29 is 9.59 Å². The van der Waals surface area contributed by atoms with Crippen LogP contribution in [0, 0.1) is 25.7 Å². The van der Waals surface area contributed by atoms with Crippen LogP contribution >= 0.6 is 11.8 Å². The molecule has 3 heterocycles. The number of rotatable bonds is 6. The number of fused-ring (bicyclic) bond motifs is 1. The Labute approximate surface area is 172 Å². The minimum absolute atomic E-state index is 0.0299. The molecule has 0 aliphatic carbocycles. The highest BCUT2D eigenvalue weighted by atomic mass is 32.2. The number of aryl methyl sites for hydroxylation is 2. The third-order valence-electron chi connectivity index (χ3n) is 5.40. The highest BCUT2D eigenvalue weighted by Crippen LogP contribution is 2.36. The number of aromatic nitrogens is 1. The zero-order valence-electron chi connectivity index (χ0n) is 17.5. The van der Waals surface area contributed by atoms with Gasteiger partial charge in [-0.15, -0.1) is 0 Å². The van der Waals surface area contributed by atoms with Crippen LogP contribution in [-0.4, -0.2) is 60.2 Å². The molecule has 0 aromatic carbocycles. The molecule has 0 saturated carbocycles. The fourth-order valence-corrected chi connectivity index (χ4v) is 5.46. The summed E-state index contributed by atoms with van der Waals surface area (Å²) in [6.07, 6.45) is 2.25. The molecular weight excluding hydrogens is 372 g/mol. The van der Waals surface area contributed by atoms with Gasteiger partial charge in [-0.05, 0) is 56.7 Å². The zero-order chi connectivity index (χ0) is 20.3. The molecule has 0 radical (unpaired) electrons. The minimum Gasteiger partial charge on any atom is -0.355 e. The van der Waals surface area contributed by atoms with E-state index in [1.165, 1.54) is 18.2 Å². The first-order valence-corrected chi connectivity index (χ1v) is 11.2. The van der Waals surface area contributed by atoms with E-state index < -0.39 is 0 Å². The van der Waals surface area contributed by atoms with E-state index in [-0.39, 0.29) is 18.4 Å². The third kappa shape index (κ3) is 5.26. The van der Waals surface area contributed by atoms with Gasteiger partial charge in [0.05, 0.1) is 11.4 Å². The number of pyridine rings is 1. The summed E-state index contributed by atoms with van der Waals surface area (Å²) >= 11 is 1.45. The van der Waals surface area contributed by atoms with Crippen molar-refractivity contribution in [1.29, 1.82) is 0 Å². The maximum absolute atomic E-state index is 12.5. The second-order valence-corrected chi connectivity index (χ2v) is 9.38. The molecule has 2 aliphatic heterocycles. The van der Waals surface area contributed by atoms with Gasteiger partial charge in [0.25, 0.3) is 0 Å². The molecule has 6 nitrogen and oxygen atoms in total. The van der Waals surface area contributed by atoms with Gasteiger partial charge in [-0.3, -0.25) is 14.5 Å². The van der Waals surface area contributed by atoms with E-state index in [4.69, 9.17) is 0 Å². The Hall–Kier alpha value is -1.60. The van der Waals surface area contributed by atoms with Gasteiger partial charge in [-0.1, -0.05) is 25.6 Å². The number of thioether (sulfide) groups is 1. The first kappa shape index (κ1) is 21.1. The smallest absolute Gasteiger partial charge is 0.240 e. The number of nitrogens with one attached hydrogen (secondary N) is 1. The van der Waals surface area contributed by atoms with E-state index in [9.17, 15) is 9.59 Å². The highest BCUT2D eigenvalue weighted by molar-refractivity contribution is 8.00. The number of anilines is 1. The van der Waals surface area contributed by atoms with Crippen LogP contribution in [0.1, 0.15) is 37.9 Å². The second-order valence-electron chi connectivity index (χ2n) is 8.41. The summed E-state index contributed by atoms with van der Waals surface area (Å²) < 4.78 is 0. The molecule has 0 unspecified atom stereocenters. The second kappa shape index (κ2) is 9.27. The Morgan fingerprint density at radius 2 is 2.00 bits per heavy atom. The van der Waals surface area contributed by atoms with Crippen molar-refractivity contribution in [3.63, 3.8) is 0 Å². The van der Waals surface area contributed by atoms with Crippen LogP contribution in [0.15, 0.2) is 11.1 Å². The number of carbonyl (C=O) groups is 2. The number of likely N-dealkylation sites (tertiary alicyclic amines) is 1. The highest BCUT2D eigenvalue weighted by Gasteiger charge is 2.29. The Kier molecular flexibility index (Phi) is 6.99. The largest absolute Gasteiger partial charge is 0.355 e. The minimum atomic E-state index is -0.105. The van der Waals surface area contributed by atoms with Gasteiger partial charge >= 0.3 is 0 Å². The summed E-state index contributed by atoms with van der Waals surface area (Å²) in [6.45, 7) is 12.6. The molecule has 1 aromatic heterocycles. The van der Waals surface area contributed by atoms with E-state index in [2.05, 4.69) is 29.0 Å². The molecule has 1 N–H and O–H groups in total. The van der Waals surface area contributed by atoms with Crippen molar-refractivity contribution in [1.82, 2.24) is 15.2 Å². The summed E-state index contributed by atoms with van der Waals surface area (Å²) in [5.41, 5.74) is 2.71. The Morgan fingerprint density at radius 1 is 1.29 bits per heavy atom. The Morgan fingerprint density at radius 3 is 2.71 bits per heavy atom. The molecule has 0 bridgehead atoms. The normalized spacial score (nSPS) is 22.9. The van der Waals surface area contributed by atoms with Crippen molar-refractivity contribution in [2.45, 2.75) is 45.6 Å². The van der Waals surface area contributed by atoms with Crippen LogP contribution in [0.3, 0.4) is 0 Å². The molecule has 1 fully saturated rings. The van der Waals surface area contributed by atoms with Crippen molar-refractivity contribution in [3.8, 4) is 0 Å². The topological polar surface area (TPSA) is 65.5 Å². The van der Waals surface area contributed by atoms with Crippen molar-refractivity contribution >= 4 is 29.3 Å². The first-order valence-electron chi connectivity index (χ1n) is 10.2. The Balaban J connectivity index is 1.49. The lowest BCUT2D eigenvalue weighted by molar-refractivity contribution is -0.123. The molecule has 2 aliphatic rings. The molecule has 0 spiro atoms. The van der Waals surface area contributed by atoms with Gasteiger partial charge < -0.3 is 10.2 Å². The lowest BCUT2D eigenvalue weighted by Gasteiger charge is -2.35. The number of carbonyl (C=O) groups excluding carboxylic acids is 2. The van der Waals surface area contributed by atoms with Crippen LogP contribution in [-0.2, 0) is 9.59 Å². The van der Waals surface area contributed by atoms with Crippen molar-refractivity contribution in [3.05, 3.63) is 17.3 Å². The summed E-state index contributed by atoms with van der Waals surface area (Å²) in [6, 6.07) is 1.96. The predicted octanol–water partition coefficient (Wildman–Crippen LogP) is 2.62. The van der Waals surface area contributed by atoms with Crippen LogP contribution in [0.25, 0.3) is 0 Å². The van der Waals surface area contributed by atoms with Gasteiger partial charge in [0.15, 0.2) is 0 Å². The average molecular weight is 405 g/mol. The predicted molar refractivity (Wildman–Crippen MR) is 114 cm³/mol. The molecule has 2 atom stereocenters. The number of piperidine rings is 1. The van der Waals surface area contributed by atoms with Gasteiger partial charge in [0.2, 0.25) is 11.8 Å². The Bertz CT molecular complexity index is 729. The lowest BCUT2D eigenvalue weighted by atomic mass is 9.92. The summed E-state index contributed by atoms with van der Waals surface area (Å²) in [5, 5.41) is 3.83. The molecule has 7 heteroatoms. The lowest BCUT2D eigenvalue weighted by Crippen LogP contribution is -2.44. The number of hydrogen-bond acceptors (Lipinski definition) is 5. The quantitative estimate of drug-likeness (QED) is 0.739. The van der Waals surface area contributed by atoms with E-state index in [0.29, 0.717) is 12.3 Å². The van der Waals surface area contributed by atoms with Crippen LogP contribution in [0.5, 0.6) is 0 Å².